The van der Waals surface area contributed by atoms with E-state index >= 15 is 4.39 Å². The second kappa shape index (κ2) is 10.5. The molecule has 172 valence electrons. The fraction of sp³-hybridized carbons (Fsp3) is 0.107. The summed E-state index contributed by atoms with van der Waals surface area (Å²) >= 11 is 0. The first kappa shape index (κ1) is 23.5. The van der Waals surface area contributed by atoms with E-state index in [1.54, 1.807) is 43.0 Å². The number of nitrogens with zero attached hydrogens (tertiary/aromatic N) is 5. The molecule has 0 aromatic carbocycles. The van der Waals surface area contributed by atoms with Crippen LogP contribution in [0.3, 0.4) is 0 Å². The Kier molecular flexibility index (Phi) is 7.03. The van der Waals surface area contributed by atoms with Gasteiger partial charge < -0.3 is 5.32 Å². The number of allylic oxidation sites excluding steroid dienone is 2. The normalized spacial score (nSPS) is 11.1. The van der Waals surface area contributed by atoms with E-state index in [9.17, 15) is 5.26 Å². The van der Waals surface area contributed by atoms with Gasteiger partial charge in [-0.3, -0.25) is 15.0 Å². The number of halogens is 1. The third-order valence-corrected chi connectivity index (χ3v) is 5.47. The number of nitrogens with one attached hydrogen (secondary N) is 1. The number of hydrogen-bond donors (Lipinski definition) is 1. The van der Waals surface area contributed by atoms with Crippen LogP contribution in [0.5, 0.6) is 0 Å². The van der Waals surface area contributed by atoms with Crippen molar-refractivity contribution in [1.29, 1.82) is 5.26 Å². The molecule has 0 aliphatic heterocycles. The van der Waals surface area contributed by atoms with Crippen molar-refractivity contribution in [3.63, 3.8) is 0 Å². The van der Waals surface area contributed by atoms with E-state index in [1.807, 2.05) is 44.2 Å². The van der Waals surface area contributed by atoms with Crippen molar-refractivity contribution in [3.8, 4) is 17.3 Å². The van der Waals surface area contributed by atoms with Gasteiger partial charge in [0.2, 0.25) is 0 Å². The van der Waals surface area contributed by atoms with Gasteiger partial charge in [-0.1, -0.05) is 18.7 Å². The molecule has 0 spiro atoms. The predicted molar refractivity (Wildman–Crippen MR) is 135 cm³/mol. The molecule has 0 fully saturated rings. The Hall–Kier alpha value is -4.70. The molecule has 4 aromatic heterocycles. The second-order valence-corrected chi connectivity index (χ2v) is 7.89. The molecule has 35 heavy (non-hydrogen) atoms. The predicted octanol–water partition coefficient (Wildman–Crippen LogP) is 5.90. The first-order chi connectivity index (χ1) is 17.0. The highest BCUT2D eigenvalue weighted by atomic mass is 19.1. The molecule has 4 heterocycles. The van der Waals surface area contributed by atoms with Gasteiger partial charge in [-0.05, 0) is 67.0 Å². The molecule has 1 N–H and O–H groups in total. The number of pyridine rings is 4. The van der Waals surface area contributed by atoms with E-state index in [0.29, 0.717) is 22.4 Å². The van der Waals surface area contributed by atoms with Crippen molar-refractivity contribution in [1.82, 2.24) is 19.9 Å². The maximum Gasteiger partial charge on any atom is 0.173 e. The van der Waals surface area contributed by atoms with Crippen LogP contribution in [-0.2, 0) is 6.54 Å². The zero-order valence-corrected chi connectivity index (χ0v) is 19.5. The zero-order valence-electron chi connectivity index (χ0n) is 19.5. The first-order valence-corrected chi connectivity index (χ1v) is 11.0. The first-order valence-electron chi connectivity index (χ1n) is 11.0. The highest BCUT2D eigenvalue weighted by Gasteiger charge is 2.13. The number of anilines is 1. The molecule has 0 amide bonds. The largest absolute Gasteiger partial charge is 0.363 e. The molecule has 0 radical (unpaired) electrons. The molecule has 6 nitrogen and oxygen atoms in total. The fourth-order valence-corrected chi connectivity index (χ4v) is 3.65. The zero-order chi connectivity index (χ0) is 24.8. The lowest BCUT2D eigenvalue weighted by atomic mass is 10.0. The summed E-state index contributed by atoms with van der Waals surface area (Å²) in [5.74, 6) is -0.386. The van der Waals surface area contributed by atoms with Gasteiger partial charge in [0.05, 0.1) is 11.3 Å². The van der Waals surface area contributed by atoms with Gasteiger partial charge in [0.15, 0.2) is 11.6 Å². The quantitative estimate of drug-likeness (QED) is 0.344. The molecule has 4 aromatic rings. The molecule has 0 atom stereocenters. The van der Waals surface area contributed by atoms with E-state index in [4.69, 9.17) is 0 Å². The summed E-state index contributed by atoms with van der Waals surface area (Å²) in [6.07, 6.45) is 10.1. The molecule has 0 aliphatic rings. The second-order valence-electron chi connectivity index (χ2n) is 7.89. The van der Waals surface area contributed by atoms with Crippen LogP contribution in [0.15, 0.2) is 73.8 Å². The van der Waals surface area contributed by atoms with Crippen LogP contribution < -0.4 is 5.32 Å². The minimum atomic E-state index is -0.488. The summed E-state index contributed by atoms with van der Waals surface area (Å²) in [6, 6.07) is 13.0. The lowest BCUT2D eigenvalue weighted by Gasteiger charge is -2.12. The van der Waals surface area contributed by atoms with Crippen molar-refractivity contribution < 1.29 is 4.39 Å². The van der Waals surface area contributed by atoms with Crippen molar-refractivity contribution in [2.75, 3.05) is 5.32 Å². The van der Waals surface area contributed by atoms with Crippen LogP contribution in [0, 0.1) is 31.0 Å². The van der Waals surface area contributed by atoms with Gasteiger partial charge in [-0.2, -0.15) is 5.26 Å². The van der Waals surface area contributed by atoms with Crippen molar-refractivity contribution in [2.45, 2.75) is 20.4 Å². The summed E-state index contributed by atoms with van der Waals surface area (Å²) in [4.78, 5) is 17.1. The maximum absolute atomic E-state index is 15.4. The maximum atomic E-state index is 15.4. The van der Waals surface area contributed by atoms with Gasteiger partial charge in [0.1, 0.15) is 6.07 Å². The van der Waals surface area contributed by atoms with Gasteiger partial charge in [-0.15, -0.1) is 0 Å². The minimum absolute atomic E-state index is 0.102. The van der Waals surface area contributed by atoms with E-state index in [-0.39, 0.29) is 12.4 Å². The molecular weight excluding hydrogens is 439 g/mol. The Morgan fingerprint density at radius 1 is 1.09 bits per heavy atom. The molecule has 0 bridgehead atoms. The molecule has 0 saturated carbocycles. The summed E-state index contributed by atoms with van der Waals surface area (Å²) < 4.78 is 15.4. The number of aryl methyl sites for hydroxylation is 2. The third kappa shape index (κ3) is 5.28. The van der Waals surface area contributed by atoms with Crippen LogP contribution in [0.4, 0.5) is 10.2 Å². The Balaban J connectivity index is 1.58. The Morgan fingerprint density at radius 2 is 1.91 bits per heavy atom. The van der Waals surface area contributed by atoms with E-state index in [2.05, 4.69) is 37.9 Å². The van der Waals surface area contributed by atoms with Crippen LogP contribution >= 0.6 is 0 Å². The Labute approximate surface area is 203 Å². The number of aromatic nitrogens is 4. The molecule has 4 rings (SSSR count). The Morgan fingerprint density at radius 3 is 2.66 bits per heavy atom. The van der Waals surface area contributed by atoms with Crippen LogP contribution in [0.25, 0.3) is 22.9 Å². The average molecular weight is 463 g/mol. The van der Waals surface area contributed by atoms with Gasteiger partial charge >= 0.3 is 0 Å². The summed E-state index contributed by atoms with van der Waals surface area (Å²) in [6.45, 7) is 7.88. The van der Waals surface area contributed by atoms with Gasteiger partial charge in [0.25, 0.3) is 0 Å². The summed E-state index contributed by atoms with van der Waals surface area (Å²) in [7, 11) is 0. The molecule has 0 aliphatic carbocycles. The summed E-state index contributed by atoms with van der Waals surface area (Å²) in [5.41, 5.74) is 6.12. The topological polar surface area (TPSA) is 87.4 Å². The number of rotatable bonds is 7. The van der Waals surface area contributed by atoms with E-state index < -0.39 is 5.82 Å². The smallest absolute Gasteiger partial charge is 0.173 e. The fourth-order valence-electron chi connectivity index (χ4n) is 3.65. The SMILES string of the molecule is C=C/C(=C\c1cccnc1C)c1ccnc(NCc2cnc(-c3ccnc(C)c3)c(C#N)c2)c1F. The minimum Gasteiger partial charge on any atom is -0.363 e. The molecule has 0 unspecified atom stereocenters. The van der Waals surface area contributed by atoms with Gasteiger partial charge in [0, 0.05) is 53.8 Å². The molecule has 0 saturated heterocycles. The van der Waals surface area contributed by atoms with E-state index in [1.165, 1.54) is 0 Å². The monoisotopic (exact) mass is 462 g/mol. The van der Waals surface area contributed by atoms with Crippen molar-refractivity contribution >= 4 is 17.5 Å². The number of nitriles is 1. The highest BCUT2D eigenvalue weighted by molar-refractivity contribution is 5.88. The Bertz CT molecular complexity index is 1470. The summed E-state index contributed by atoms with van der Waals surface area (Å²) in [5, 5.41) is 12.7. The van der Waals surface area contributed by atoms with Crippen molar-refractivity contribution in [3.05, 3.63) is 113 Å². The lowest BCUT2D eigenvalue weighted by molar-refractivity contribution is 0.621. The third-order valence-electron chi connectivity index (χ3n) is 5.47. The average Bonchev–Trinajstić information content (AvgIpc) is 2.87. The van der Waals surface area contributed by atoms with Crippen LogP contribution in [0.2, 0.25) is 0 Å². The van der Waals surface area contributed by atoms with Crippen molar-refractivity contribution in [2.24, 2.45) is 0 Å². The van der Waals surface area contributed by atoms with Crippen LogP contribution in [-0.4, -0.2) is 19.9 Å². The standard InChI is InChI=1S/C28H23FN6/c1-4-21(14-22-6-5-9-32-19(22)3)25-8-11-33-28(26(25)29)35-17-20-13-24(15-30)27(34-16-20)23-7-10-31-18(2)12-23/h4-14,16H,1,17H2,2-3H3,(H,33,35)/b21-14+. The molecular formula is C28H23FN6. The molecule has 7 heteroatoms. The lowest BCUT2D eigenvalue weighted by Crippen LogP contribution is -2.06. The van der Waals surface area contributed by atoms with Crippen LogP contribution in [0.1, 0.15) is 33.6 Å². The highest BCUT2D eigenvalue weighted by Crippen LogP contribution is 2.27. The number of hydrogen-bond acceptors (Lipinski definition) is 6. The van der Waals surface area contributed by atoms with Gasteiger partial charge in [-0.25, -0.2) is 9.37 Å². The van der Waals surface area contributed by atoms with E-state index in [0.717, 1.165) is 28.1 Å².